The molecule has 7 heteroatoms. The Balaban J connectivity index is 2.54. The first-order valence-corrected chi connectivity index (χ1v) is 8.93. The van der Waals surface area contributed by atoms with Gasteiger partial charge in [-0.25, -0.2) is 0 Å². The number of hydrogen-bond donors (Lipinski definition) is 0. The second-order valence-electron chi connectivity index (χ2n) is 6.06. The Hall–Kier alpha value is -2.44. The molecule has 0 N–H and O–H groups in total. The number of aromatic nitrogens is 1. The maximum Gasteiger partial charge on any atom is 0.573 e. The van der Waals surface area contributed by atoms with E-state index >= 15 is 0 Å². The van der Waals surface area contributed by atoms with Crippen LogP contribution in [0.4, 0.5) is 18.9 Å². The van der Waals surface area contributed by atoms with Crippen molar-refractivity contribution in [1.82, 2.24) is 4.98 Å². The SMILES string of the molecule is CCc1nc(-c2ccc(OC(F)(F)F)cc2OC)c(C)cc1N(CC)CC. The van der Waals surface area contributed by atoms with E-state index in [1.807, 2.05) is 13.8 Å². The van der Waals surface area contributed by atoms with Crippen molar-refractivity contribution in [2.75, 3.05) is 25.1 Å². The van der Waals surface area contributed by atoms with Crippen LogP contribution in [0.3, 0.4) is 0 Å². The van der Waals surface area contributed by atoms with Gasteiger partial charge < -0.3 is 14.4 Å². The Bertz CT molecular complexity index is 788. The lowest BCUT2D eigenvalue weighted by Crippen LogP contribution is -2.24. The second-order valence-corrected chi connectivity index (χ2v) is 6.06. The van der Waals surface area contributed by atoms with Crippen LogP contribution in [0.15, 0.2) is 24.3 Å². The Morgan fingerprint density at radius 2 is 1.74 bits per heavy atom. The summed E-state index contributed by atoms with van der Waals surface area (Å²) in [6, 6.07) is 6.13. The first-order valence-electron chi connectivity index (χ1n) is 8.93. The maximum atomic E-state index is 12.5. The van der Waals surface area contributed by atoms with Crippen LogP contribution in [0, 0.1) is 6.92 Å². The maximum absolute atomic E-state index is 12.5. The first-order chi connectivity index (χ1) is 12.7. The lowest BCUT2D eigenvalue weighted by molar-refractivity contribution is -0.274. The van der Waals surface area contributed by atoms with Gasteiger partial charge in [0.25, 0.3) is 0 Å². The van der Waals surface area contributed by atoms with Crippen LogP contribution in [-0.2, 0) is 6.42 Å². The number of alkyl halides is 3. The first kappa shape index (κ1) is 20.9. The standard InChI is InChI=1S/C20H25F3N2O2/c1-6-16-17(25(7-2)8-3)11-13(4)19(24-16)15-10-9-14(12-18(15)26-5)27-20(21,22)23/h9-12H,6-8H2,1-5H3. The van der Waals surface area contributed by atoms with Crippen molar-refractivity contribution < 1.29 is 22.6 Å². The number of aryl methyl sites for hydroxylation is 2. The Kier molecular flexibility index (Phi) is 6.57. The Morgan fingerprint density at radius 1 is 1.07 bits per heavy atom. The Morgan fingerprint density at radius 3 is 2.26 bits per heavy atom. The minimum Gasteiger partial charge on any atom is -0.496 e. The third kappa shape index (κ3) is 4.84. The molecule has 1 aromatic carbocycles. The molecule has 0 aliphatic carbocycles. The third-order valence-electron chi connectivity index (χ3n) is 4.37. The topological polar surface area (TPSA) is 34.6 Å². The number of methoxy groups -OCH3 is 1. The molecule has 0 saturated carbocycles. The molecule has 0 bridgehead atoms. The predicted molar refractivity (Wildman–Crippen MR) is 101 cm³/mol. The lowest BCUT2D eigenvalue weighted by atomic mass is 10.0. The van der Waals surface area contributed by atoms with Crippen LogP contribution in [0.5, 0.6) is 11.5 Å². The molecule has 0 fully saturated rings. The van der Waals surface area contributed by atoms with Gasteiger partial charge in [-0.2, -0.15) is 0 Å². The Labute approximate surface area is 157 Å². The molecular formula is C20H25F3N2O2. The van der Waals surface area contributed by atoms with Gasteiger partial charge in [0, 0.05) is 24.7 Å². The van der Waals surface area contributed by atoms with Gasteiger partial charge in [-0.1, -0.05) is 6.92 Å². The number of hydrogen-bond acceptors (Lipinski definition) is 4. The van der Waals surface area contributed by atoms with Crippen molar-refractivity contribution >= 4 is 5.69 Å². The summed E-state index contributed by atoms with van der Waals surface area (Å²) in [7, 11) is 1.41. The molecule has 4 nitrogen and oxygen atoms in total. The molecule has 0 radical (unpaired) electrons. The summed E-state index contributed by atoms with van der Waals surface area (Å²) >= 11 is 0. The van der Waals surface area contributed by atoms with Gasteiger partial charge in [0.2, 0.25) is 0 Å². The van der Waals surface area contributed by atoms with Gasteiger partial charge in [0.05, 0.1) is 24.2 Å². The van der Waals surface area contributed by atoms with Crippen LogP contribution < -0.4 is 14.4 Å². The number of ether oxygens (including phenoxy) is 2. The quantitative estimate of drug-likeness (QED) is 0.645. The largest absolute Gasteiger partial charge is 0.573 e. The highest BCUT2D eigenvalue weighted by atomic mass is 19.4. The van der Waals surface area contributed by atoms with Gasteiger partial charge in [-0.05, 0) is 51.0 Å². The fourth-order valence-electron chi connectivity index (χ4n) is 3.07. The fourth-order valence-corrected chi connectivity index (χ4v) is 3.07. The van der Waals surface area contributed by atoms with Gasteiger partial charge in [-0.3, -0.25) is 4.98 Å². The van der Waals surface area contributed by atoms with E-state index < -0.39 is 6.36 Å². The van der Waals surface area contributed by atoms with E-state index in [0.717, 1.165) is 36.5 Å². The summed E-state index contributed by atoms with van der Waals surface area (Å²) in [5, 5.41) is 0. The summed E-state index contributed by atoms with van der Waals surface area (Å²) in [6.07, 6.45) is -4.00. The smallest absolute Gasteiger partial charge is 0.496 e. The summed E-state index contributed by atoms with van der Waals surface area (Å²) < 4.78 is 46.7. The molecular weight excluding hydrogens is 357 g/mol. The number of anilines is 1. The van der Waals surface area contributed by atoms with Crippen molar-refractivity contribution in [3.05, 3.63) is 35.5 Å². The van der Waals surface area contributed by atoms with E-state index in [1.54, 1.807) is 6.07 Å². The minimum absolute atomic E-state index is 0.282. The van der Waals surface area contributed by atoms with Crippen molar-refractivity contribution in [1.29, 1.82) is 0 Å². The van der Waals surface area contributed by atoms with E-state index in [2.05, 4.69) is 29.6 Å². The normalized spacial score (nSPS) is 11.4. The second kappa shape index (κ2) is 8.50. The lowest BCUT2D eigenvalue weighted by Gasteiger charge is -2.25. The highest BCUT2D eigenvalue weighted by molar-refractivity contribution is 5.73. The third-order valence-corrected chi connectivity index (χ3v) is 4.37. The summed E-state index contributed by atoms with van der Waals surface area (Å²) in [5.74, 6) is -0.0405. The molecule has 0 amide bonds. The molecule has 0 saturated heterocycles. The van der Waals surface area contributed by atoms with Crippen molar-refractivity contribution in [2.24, 2.45) is 0 Å². The van der Waals surface area contributed by atoms with E-state index in [0.29, 0.717) is 11.3 Å². The van der Waals surface area contributed by atoms with E-state index in [1.165, 1.54) is 19.2 Å². The summed E-state index contributed by atoms with van der Waals surface area (Å²) in [6.45, 7) is 9.90. The van der Waals surface area contributed by atoms with Gasteiger partial charge >= 0.3 is 6.36 Å². The van der Waals surface area contributed by atoms with Crippen LogP contribution in [0.2, 0.25) is 0 Å². The van der Waals surface area contributed by atoms with Crippen LogP contribution in [0.1, 0.15) is 32.0 Å². The number of halogens is 3. The predicted octanol–water partition coefficient (Wildman–Crippen LogP) is 5.37. The molecule has 27 heavy (non-hydrogen) atoms. The summed E-state index contributed by atoms with van der Waals surface area (Å²) in [5.41, 5.74) is 4.28. The zero-order valence-electron chi connectivity index (χ0n) is 16.3. The number of nitrogens with zero attached hydrogens (tertiary/aromatic N) is 2. The van der Waals surface area contributed by atoms with E-state index in [9.17, 15) is 13.2 Å². The molecule has 2 aromatic rings. The van der Waals surface area contributed by atoms with Crippen molar-refractivity contribution in [2.45, 2.75) is 40.5 Å². The van der Waals surface area contributed by atoms with Crippen molar-refractivity contribution in [3.63, 3.8) is 0 Å². The average molecular weight is 382 g/mol. The average Bonchev–Trinajstić information content (AvgIpc) is 2.62. The minimum atomic E-state index is -4.75. The van der Waals surface area contributed by atoms with Gasteiger partial charge in [0.15, 0.2) is 0 Å². The van der Waals surface area contributed by atoms with E-state index in [4.69, 9.17) is 9.72 Å². The molecule has 2 rings (SSSR count). The van der Waals surface area contributed by atoms with Crippen LogP contribution >= 0.6 is 0 Å². The number of pyridine rings is 1. The van der Waals surface area contributed by atoms with Crippen molar-refractivity contribution in [3.8, 4) is 22.8 Å². The van der Waals surface area contributed by atoms with Crippen LogP contribution in [-0.4, -0.2) is 31.5 Å². The van der Waals surface area contributed by atoms with Gasteiger partial charge in [0.1, 0.15) is 11.5 Å². The number of benzene rings is 1. The fraction of sp³-hybridized carbons (Fsp3) is 0.450. The molecule has 1 aromatic heterocycles. The zero-order valence-corrected chi connectivity index (χ0v) is 16.3. The molecule has 0 unspecified atom stereocenters. The molecule has 148 valence electrons. The highest BCUT2D eigenvalue weighted by Gasteiger charge is 2.31. The molecule has 1 heterocycles. The molecule has 0 aliphatic heterocycles. The monoisotopic (exact) mass is 382 g/mol. The molecule has 0 spiro atoms. The summed E-state index contributed by atoms with van der Waals surface area (Å²) in [4.78, 5) is 7.04. The number of rotatable bonds is 7. The van der Waals surface area contributed by atoms with Gasteiger partial charge in [-0.15, -0.1) is 13.2 Å². The molecule has 0 aliphatic rings. The highest BCUT2D eigenvalue weighted by Crippen LogP contribution is 2.37. The zero-order chi connectivity index (χ0) is 20.2. The van der Waals surface area contributed by atoms with Crippen LogP contribution in [0.25, 0.3) is 11.3 Å². The van der Waals surface area contributed by atoms with E-state index in [-0.39, 0.29) is 11.5 Å². The molecule has 0 atom stereocenters.